The molecule has 0 spiro atoms. The lowest BCUT2D eigenvalue weighted by molar-refractivity contribution is 0.0942. The predicted molar refractivity (Wildman–Crippen MR) is 95.7 cm³/mol. The highest BCUT2D eigenvalue weighted by molar-refractivity contribution is 5.93. The average molecular weight is 343 g/mol. The van der Waals surface area contributed by atoms with Crippen molar-refractivity contribution < 1.29 is 9.53 Å². The molecule has 1 aliphatic rings. The molecule has 3 heterocycles. The number of ether oxygens (including phenoxy) is 1. The third kappa shape index (κ3) is 4.57. The standard InChI is InChI=1S/C18H25N5O2/c1-14(13-23-6-5-19-15(23)2)12-21-18(24)17-11-16(3-4-20-17)22-7-9-25-10-8-22/h3-6,11,14H,7-10,12-13H2,1-2H3,(H,21,24)/t14-/m0/s1. The molecule has 1 N–H and O–H groups in total. The van der Waals surface area contributed by atoms with Crippen molar-refractivity contribution >= 4 is 11.6 Å². The summed E-state index contributed by atoms with van der Waals surface area (Å²) in [5.41, 5.74) is 1.47. The molecule has 25 heavy (non-hydrogen) atoms. The van der Waals surface area contributed by atoms with Crippen LogP contribution in [0.3, 0.4) is 0 Å². The highest BCUT2D eigenvalue weighted by Gasteiger charge is 2.15. The van der Waals surface area contributed by atoms with Gasteiger partial charge in [0.2, 0.25) is 0 Å². The monoisotopic (exact) mass is 343 g/mol. The lowest BCUT2D eigenvalue weighted by Crippen LogP contribution is -2.36. The number of nitrogens with zero attached hydrogens (tertiary/aromatic N) is 4. The number of pyridine rings is 1. The molecule has 134 valence electrons. The molecule has 0 aliphatic carbocycles. The Bertz CT molecular complexity index is 709. The molecule has 1 aliphatic heterocycles. The zero-order valence-electron chi connectivity index (χ0n) is 14.8. The molecular weight excluding hydrogens is 318 g/mol. The second kappa shape index (κ2) is 8.11. The number of amides is 1. The van der Waals surface area contributed by atoms with Crippen LogP contribution < -0.4 is 10.2 Å². The molecule has 2 aromatic heterocycles. The average Bonchev–Trinajstić information content (AvgIpc) is 3.05. The van der Waals surface area contributed by atoms with E-state index in [0.717, 1.165) is 44.4 Å². The van der Waals surface area contributed by atoms with Crippen molar-refractivity contribution in [2.24, 2.45) is 5.92 Å². The zero-order valence-corrected chi connectivity index (χ0v) is 14.8. The first-order valence-corrected chi connectivity index (χ1v) is 8.68. The Morgan fingerprint density at radius 1 is 1.32 bits per heavy atom. The van der Waals surface area contributed by atoms with Gasteiger partial charge in [-0.05, 0) is 25.0 Å². The van der Waals surface area contributed by atoms with E-state index >= 15 is 0 Å². The van der Waals surface area contributed by atoms with Gasteiger partial charge < -0.3 is 19.5 Å². The van der Waals surface area contributed by atoms with E-state index in [0.29, 0.717) is 18.2 Å². The van der Waals surface area contributed by atoms with E-state index in [9.17, 15) is 4.79 Å². The number of rotatable bonds is 6. The topological polar surface area (TPSA) is 72.3 Å². The second-order valence-corrected chi connectivity index (χ2v) is 6.44. The van der Waals surface area contributed by atoms with Crippen LogP contribution in [-0.4, -0.2) is 53.3 Å². The van der Waals surface area contributed by atoms with Crippen molar-refractivity contribution in [1.82, 2.24) is 19.9 Å². The molecule has 1 amide bonds. The maximum Gasteiger partial charge on any atom is 0.269 e. The van der Waals surface area contributed by atoms with Crippen LogP contribution in [0.1, 0.15) is 23.2 Å². The number of morpholine rings is 1. The van der Waals surface area contributed by atoms with E-state index < -0.39 is 0 Å². The highest BCUT2D eigenvalue weighted by atomic mass is 16.5. The number of carbonyl (C=O) groups is 1. The smallest absolute Gasteiger partial charge is 0.269 e. The number of aryl methyl sites for hydroxylation is 1. The third-order valence-electron chi connectivity index (χ3n) is 4.40. The van der Waals surface area contributed by atoms with Crippen LogP contribution in [0.25, 0.3) is 0 Å². The van der Waals surface area contributed by atoms with Gasteiger partial charge in [-0.3, -0.25) is 9.78 Å². The van der Waals surface area contributed by atoms with Gasteiger partial charge in [0.25, 0.3) is 5.91 Å². The largest absolute Gasteiger partial charge is 0.378 e. The van der Waals surface area contributed by atoms with Crippen molar-refractivity contribution in [2.75, 3.05) is 37.7 Å². The van der Waals surface area contributed by atoms with Crippen LogP contribution in [0.2, 0.25) is 0 Å². The summed E-state index contributed by atoms with van der Waals surface area (Å²) in [6.45, 7) is 8.62. The van der Waals surface area contributed by atoms with Gasteiger partial charge in [0, 0.05) is 50.5 Å². The van der Waals surface area contributed by atoms with Gasteiger partial charge in [-0.2, -0.15) is 0 Å². The quantitative estimate of drug-likeness (QED) is 0.860. The minimum Gasteiger partial charge on any atom is -0.378 e. The summed E-state index contributed by atoms with van der Waals surface area (Å²) in [5.74, 6) is 1.15. The van der Waals surface area contributed by atoms with Crippen LogP contribution in [0.5, 0.6) is 0 Å². The van der Waals surface area contributed by atoms with Gasteiger partial charge in [0.1, 0.15) is 11.5 Å². The molecule has 7 nitrogen and oxygen atoms in total. The minimum absolute atomic E-state index is 0.135. The molecule has 7 heteroatoms. The van der Waals surface area contributed by atoms with E-state index in [4.69, 9.17) is 4.74 Å². The van der Waals surface area contributed by atoms with Gasteiger partial charge in [0.15, 0.2) is 0 Å². The number of aromatic nitrogens is 3. The van der Waals surface area contributed by atoms with Gasteiger partial charge in [-0.15, -0.1) is 0 Å². The third-order valence-corrected chi connectivity index (χ3v) is 4.40. The summed E-state index contributed by atoms with van der Waals surface area (Å²) in [6, 6.07) is 3.79. The molecular formula is C18H25N5O2. The Kier molecular flexibility index (Phi) is 5.65. The summed E-state index contributed by atoms with van der Waals surface area (Å²) in [6.07, 6.45) is 5.45. The van der Waals surface area contributed by atoms with Crippen LogP contribution >= 0.6 is 0 Å². The van der Waals surface area contributed by atoms with Crippen LogP contribution in [0.15, 0.2) is 30.7 Å². The Labute approximate surface area is 148 Å². The van der Waals surface area contributed by atoms with Crippen molar-refractivity contribution in [2.45, 2.75) is 20.4 Å². The molecule has 2 aromatic rings. The van der Waals surface area contributed by atoms with E-state index in [1.54, 1.807) is 12.4 Å². The molecule has 1 atom stereocenters. The van der Waals surface area contributed by atoms with Crippen molar-refractivity contribution in [1.29, 1.82) is 0 Å². The minimum atomic E-state index is -0.135. The number of carbonyl (C=O) groups excluding carboxylic acids is 1. The molecule has 0 saturated carbocycles. The first-order valence-electron chi connectivity index (χ1n) is 8.68. The second-order valence-electron chi connectivity index (χ2n) is 6.44. The van der Waals surface area contributed by atoms with E-state index in [1.807, 2.05) is 25.3 Å². The zero-order chi connectivity index (χ0) is 17.6. The number of imidazole rings is 1. The van der Waals surface area contributed by atoms with Crippen LogP contribution in [-0.2, 0) is 11.3 Å². The van der Waals surface area contributed by atoms with Gasteiger partial charge in [-0.25, -0.2) is 4.98 Å². The van der Waals surface area contributed by atoms with Gasteiger partial charge in [-0.1, -0.05) is 6.92 Å². The molecule has 1 saturated heterocycles. The fourth-order valence-electron chi connectivity index (χ4n) is 2.92. The molecule has 0 aromatic carbocycles. The summed E-state index contributed by atoms with van der Waals surface area (Å²) in [4.78, 5) is 23.1. The SMILES string of the molecule is Cc1nccn1C[C@@H](C)CNC(=O)c1cc(N2CCOCC2)ccn1. The number of nitrogens with one attached hydrogen (secondary N) is 1. The molecule has 1 fully saturated rings. The van der Waals surface area contributed by atoms with Gasteiger partial charge in [0.05, 0.1) is 13.2 Å². The first kappa shape index (κ1) is 17.4. The van der Waals surface area contributed by atoms with Crippen molar-refractivity contribution in [3.05, 3.63) is 42.2 Å². The Morgan fingerprint density at radius 3 is 2.84 bits per heavy atom. The summed E-state index contributed by atoms with van der Waals surface area (Å²) in [7, 11) is 0. The maximum atomic E-state index is 12.4. The highest BCUT2D eigenvalue weighted by Crippen LogP contribution is 2.16. The van der Waals surface area contributed by atoms with Crippen molar-refractivity contribution in [3.8, 4) is 0 Å². The summed E-state index contributed by atoms with van der Waals surface area (Å²) < 4.78 is 7.46. The number of anilines is 1. The number of hydrogen-bond acceptors (Lipinski definition) is 5. The van der Waals surface area contributed by atoms with Gasteiger partial charge >= 0.3 is 0 Å². The van der Waals surface area contributed by atoms with E-state index in [-0.39, 0.29) is 5.91 Å². The first-order chi connectivity index (χ1) is 12.1. The Morgan fingerprint density at radius 2 is 2.12 bits per heavy atom. The van der Waals surface area contributed by atoms with E-state index in [2.05, 4.69) is 31.7 Å². The van der Waals surface area contributed by atoms with Crippen molar-refractivity contribution in [3.63, 3.8) is 0 Å². The molecule has 0 radical (unpaired) electrons. The number of hydrogen-bond donors (Lipinski definition) is 1. The Hall–Kier alpha value is -2.41. The van der Waals surface area contributed by atoms with E-state index in [1.165, 1.54) is 0 Å². The summed E-state index contributed by atoms with van der Waals surface area (Å²) in [5, 5.41) is 2.98. The lowest BCUT2D eigenvalue weighted by Gasteiger charge is -2.28. The molecule has 0 unspecified atom stereocenters. The lowest BCUT2D eigenvalue weighted by atomic mass is 10.1. The Balaban J connectivity index is 1.55. The summed E-state index contributed by atoms with van der Waals surface area (Å²) >= 11 is 0. The maximum absolute atomic E-state index is 12.4. The molecule has 0 bridgehead atoms. The fraction of sp³-hybridized carbons (Fsp3) is 0.500. The normalized spacial score (nSPS) is 15.8. The fourth-order valence-corrected chi connectivity index (χ4v) is 2.92. The predicted octanol–water partition coefficient (Wildman–Crippen LogP) is 1.49. The van der Waals surface area contributed by atoms with Crippen LogP contribution in [0.4, 0.5) is 5.69 Å². The van der Waals surface area contributed by atoms with Crippen LogP contribution in [0, 0.1) is 12.8 Å². The molecule has 3 rings (SSSR count).